The molecule has 0 aliphatic rings. The number of hydrogen-bond acceptors (Lipinski definition) is 4. The molecule has 7 heteroatoms. The van der Waals surface area contributed by atoms with Gasteiger partial charge in [0.05, 0.1) is 14.9 Å². The molecule has 0 saturated carbocycles. The molecule has 2 N–H and O–H groups in total. The number of nitrogens with one attached hydrogen (secondary N) is 2. The average molecular weight is 405 g/mol. The van der Waals surface area contributed by atoms with Crippen LogP contribution in [0.25, 0.3) is 0 Å². The van der Waals surface area contributed by atoms with Crippen molar-refractivity contribution in [2.24, 2.45) is 0 Å². The lowest BCUT2D eigenvalue weighted by Gasteiger charge is -2.06. The molecule has 0 spiro atoms. The van der Waals surface area contributed by atoms with Crippen molar-refractivity contribution < 1.29 is 14.0 Å². The number of furan rings is 1. The molecule has 2 heterocycles. The minimum absolute atomic E-state index is 0.110. The second kappa shape index (κ2) is 7.46. The minimum Gasteiger partial charge on any atom is -0.459 e. The Balaban J connectivity index is 1.54. The lowest BCUT2D eigenvalue weighted by Crippen LogP contribution is -2.21. The number of amides is 2. The maximum Gasteiger partial charge on any atom is 0.291 e. The van der Waals surface area contributed by atoms with Gasteiger partial charge in [-0.25, -0.2) is 0 Å². The van der Waals surface area contributed by atoms with Crippen LogP contribution in [0.2, 0.25) is 0 Å². The third-order valence-corrected chi connectivity index (χ3v) is 4.83. The summed E-state index contributed by atoms with van der Waals surface area (Å²) in [6.07, 6.45) is 1.45. The lowest BCUT2D eigenvalue weighted by atomic mass is 10.2. The number of anilines is 1. The van der Waals surface area contributed by atoms with E-state index < -0.39 is 0 Å². The van der Waals surface area contributed by atoms with Gasteiger partial charge in [0.15, 0.2) is 5.76 Å². The molecule has 122 valence electrons. The number of rotatable bonds is 5. The molecule has 24 heavy (non-hydrogen) atoms. The molecule has 0 saturated heterocycles. The normalized spacial score (nSPS) is 10.4. The van der Waals surface area contributed by atoms with Crippen molar-refractivity contribution in [1.82, 2.24) is 5.32 Å². The van der Waals surface area contributed by atoms with Gasteiger partial charge in [-0.15, -0.1) is 11.3 Å². The van der Waals surface area contributed by atoms with Gasteiger partial charge in [0.1, 0.15) is 0 Å². The minimum atomic E-state index is -0.302. The fraction of sp³-hybridized carbons (Fsp3) is 0.0588. The van der Waals surface area contributed by atoms with E-state index in [-0.39, 0.29) is 17.6 Å². The highest BCUT2D eigenvalue weighted by molar-refractivity contribution is 9.11. The first-order chi connectivity index (χ1) is 11.6. The molecule has 0 bridgehead atoms. The van der Waals surface area contributed by atoms with Gasteiger partial charge in [0, 0.05) is 12.2 Å². The first-order valence-corrected chi connectivity index (χ1v) is 8.70. The number of carbonyl (C=O) groups excluding carboxylic acids is 2. The number of carbonyl (C=O) groups is 2. The van der Waals surface area contributed by atoms with E-state index in [2.05, 4.69) is 26.6 Å². The molecule has 0 atom stereocenters. The van der Waals surface area contributed by atoms with Crippen LogP contribution in [0.5, 0.6) is 0 Å². The monoisotopic (exact) mass is 404 g/mol. The van der Waals surface area contributed by atoms with Crippen LogP contribution in [0.4, 0.5) is 5.69 Å². The third-order valence-electron chi connectivity index (χ3n) is 3.21. The van der Waals surface area contributed by atoms with Crippen LogP contribution >= 0.6 is 27.3 Å². The summed E-state index contributed by atoms with van der Waals surface area (Å²) in [5.41, 5.74) is 1.60. The van der Waals surface area contributed by atoms with E-state index in [9.17, 15) is 9.59 Å². The van der Waals surface area contributed by atoms with Crippen molar-refractivity contribution in [2.45, 2.75) is 6.54 Å². The quantitative estimate of drug-likeness (QED) is 0.666. The van der Waals surface area contributed by atoms with Gasteiger partial charge < -0.3 is 15.1 Å². The maximum absolute atomic E-state index is 12.0. The zero-order valence-corrected chi connectivity index (χ0v) is 14.8. The molecular weight excluding hydrogens is 392 g/mol. The average Bonchev–Trinajstić information content (AvgIpc) is 3.25. The van der Waals surface area contributed by atoms with Gasteiger partial charge in [-0.2, -0.15) is 0 Å². The Bertz CT molecular complexity index is 841. The van der Waals surface area contributed by atoms with Crippen LogP contribution in [0.15, 0.2) is 63.0 Å². The van der Waals surface area contributed by atoms with E-state index in [0.29, 0.717) is 17.1 Å². The Kier molecular flexibility index (Phi) is 5.12. The Morgan fingerprint density at radius 3 is 2.46 bits per heavy atom. The maximum atomic E-state index is 12.0. The van der Waals surface area contributed by atoms with Crippen LogP contribution in [-0.2, 0) is 6.54 Å². The fourth-order valence-electron chi connectivity index (χ4n) is 2.01. The highest BCUT2D eigenvalue weighted by Gasteiger charge is 2.09. The summed E-state index contributed by atoms with van der Waals surface area (Å²) in [5, 5.41) is 5.60. The highest BCUT2D eigenvalue weighted by Crippen LogP contribution is 2.22. The molecule has 0 aliphatic carbocycles. The van der Waals surface area contributed by atoms with Crippen molar-refractivity contribution in [2.75, 3.05) is 5.32 Å². The number of halogens is 1. The van der Waals surface area contributed by atoms with Crippen molar-refractivity contribution in [1.29, 1.82) is 0 Å². The molecule has 1 aromatic carbocycles. The van der Waals surface area contributed by atoms with Crippen molar-refractivity contribution in [3.8, 4) is 0 Å². The predicted octanol–water partition coefficient (Wildman–Crippen LogP) is 4.29. The smallest absolute Gasteiger partial charge is 0.291 e. The van der Waals surface area contributed by atoms with Gasteiger partial charge in [-0.1, -0.05) is 12.1 Å². The zero-order valence-electron chi connectivity index (χ0n) is 12.4. The summed E-state index contributed by atoms with van der Waals surface area (Å²) in [5.74, 6) is -0.154. The van der Waals surface area contributed by atoms with Gasteiger partial charge in [0.2, 0.25) is 0 Å². The Hall–Kier alpha value is -2.38. The lowest BCUT2D eigenvalue weighted by molar-refractivity contribution is 0.0953. The summed E-state index contributed by atoms with van der Waals surface area (Å²) in [6, 6.07) is 14.1. The van der Waals surface area contributed by atoms with Crippen LogP contribution < -0.4 is 10.6 Å². The van der Waals surface area contributed by atoms with Gasteiger partial charge in [0.25, 0.3) is 11.8 Å². The van der Waals surface area contributed by atoms with Crippen molar-refractivity contribution >= 4 is 44.8 Å². The molecule has 0 unspecified atom stereocenters. The van der Waals surface area contributed by atoms with Crippen LogP contribution in [-0.4, -0.2) is 11.8 Å². The molecule has 0 radical (unpaired) electrons. The number of benzene rings is 1. The molecule has 0 fully saturated rings. The van der Waals surface area contributed by atoms with Crippen molar-refractivity contribution in [3.05, 3.63) is 74.8 Å². The van der Waals surface area contributed by atoms with E-state index >= 15 is 0 Å². The SMILES string of the molecule is O=C(Nc1ccc(CNC(=O)c2ccc(Br)s2)cc1)c1ccco1. The molecule has 2 aromatic heterocycles. The van der Waals surface area contributed by atoms with Crippen LogP contribution in [0, 0.1) is 0 Å². The molecule has 2 amide bonds. The zero-order chi connectivity index (χ0) is 16.9. The Labute approximate surface area is 150 Å². The summed E-state index contributed by atoms with van der Waals surface area (Å²) < 4.78 is 5.96. The Morgan fingerprint density at radius 2 is 1.83 bits per heavy atom. The first-order valence-electron chi connectivity index (χ1n) is 7.09. The van der Waals surface area contributed by atoms with Gasteiger partial charge >= 0.3 is 0 Å². The first kappa shape index (κ1) is 16.5. The van der Waals surface area contributed by atoms with E-state index in [0.717, 1.165) is 9.35 Å². The predicted molar refractivity (Wildman–Crippen MR) is 96.3 cm³/mol. The second-order valence-corrected chi connectivity index (χ2v) is 7.38. The van der Waals surface area contributed by atoms with Crippen LogP contribution in [0.3, 0.4) is 0 Å². The van der Waals surface area contributed by atoms with E-state index in [4.69, 9.17) is 4.42 Å². The Morgan fingerprint density at radius 1 is 1.04 bits per heavy atom. The molecular formula is C17H13BrN2O3S. The van der Waals surface area contributed by atoms with E-state index in [1.807, 2.05) is 18.2 Å². The molecule has 3 aromatic rings. The highest BCUT2D eigenvalue weighted by atomic mass is 79.9. The standard InChI is InChI=1S/C17H13BrN2O3S/c18-15-8-7-14(24-15)17(22)19-10-11-3-5-12(6-4-11)20-16(21)13-2-1-9-23-13/h1-9H,10H2,(H,19,22)(H,20,21). The summed E-state index contributed by atoms with van der Waals surface area (Å²) in [7, 11) is 0. The number of thiophene rings is 1. The van der Waals surface area contributed by atoms with Crippen LogP contribution in [0.1, 0.15) is 25.8 Å². The van der Waals surface area contributed by atoms with E-state index in [1.54, 1.807) is 30.3 Å². The van der Waals surface area contributed by atoms with Crippen molar-refractivity contribution in [3.63, 3.8) is 0 Å². The third kappa shape index (κ3) is 4.12. The molecule has 5 nitrogen and oxygen atoms in total. The molecule has 0 aliphatic heterocycles. The topological polar surface area (TPSA) is 71.3 Å². The largest absolute Gasteiger partial charge is 0.459 e. The van der Waals surface area contributed by atoms with E-state index in [1.165, 1.54) is 17.6 Å². The number of hydrogen-bond donors (Lipinski definition) is 2. The fourth-order valence-corrected chi connectivity index (χ4v) is 3.31. The summed E-state index contributed by atoms with van der Waals surface area (Å²) >= 11 is 4.72. The second-order valence-electron chi connectivity index (χ2n) is 4.91. The molecule has 3 rings (SSSR count). The summed E-state index contributed by atoms with van der Waals surface area (Å²) in [4.78, 5) is 24.5. The summed E-state index contributed by atoms with van der Waals surface area (Å²) in [6.45, 7) is 0.417. The van der Waals surface area contributed by atoms with Gasteiger partial charge in [-0.3, -0.25) is 9.59 Å². The van der Waals surface area contributed by atoms with Gasteiger partial charge in [-0.05, 0) is 57.9 Å².